The van der Waals surface area contributed by atoms with Crippen LogP contribution in [0, 0.1) is 5.92 Å². The Kier molecular flexibility index (Phi) is 3.36. The molecule has 1 aliphatic rings. The van der Waals surface area contributed by atoms with E-state index in [0.717, 1.165) is 30.5 Å². The van der Waals surface area contributed by atoms with Crippen LogP contribution in [0.4, 0.5) is 11.5 Å². The van der Waals surface area contributed by atoms with Gasteiger partial charge in [-0.25, -0.2) is 0 Å². The largest absolute Gasteiger partial charge is 0.394 e. The second-order valence-electron chi connectivity index (χ2n) is 4.77. The molecule has 2 N–H and O–H groups in total. The van der Waals surface area contributed by atoms with E-state index in [-0.39, 0.29) is 0 Å². The van der Waals surface area contributed by atoms with Gasteiger partial charge in [-0.2, -0.15) is 5.10 Å². The number of aryl methyl sites for hydroxylation is 1. The molecule has 0 saturated carbocycles. The summed E-state index contributed by atoms with van der Waals surface area (Å²) in [6, 6.07) is 0. The highest BCUT2D eigenvalue weighted by Crippen LogP contribution is 2.26. The van der Waals surface area contributed by atoms with Crippen molar-refractivity contribution >= 4 is 11.5 Å². The van der Waals surface area contributed by atoms with E-state index in [2.05, 4.69) is 16.9 Å². The smallest absolute Gasteiger partial charge is 0.173 e. The summed E-state index contributed by atoms with van der Waals surface area (Å²) in [6.45, 7) is 4.48. The first kappa shape index (κ1) is 11.3. The number of nitrogens with two attached hydrogens (primary N) is 1. The van der Waals surface area contributed by atoms with E-state index < -0.39 is 0 Å². The topological polar surface area (TPSA) is 47.1 Å². The lowest BCUT2D eigenvalue weighted by Gasteiger charge is -2.20. The fourth-order valence-electron chi connectivity index (χ4n) is 2.53. The molecule has 1 saturated heterocycles. The third kappa shape index (κ3) is 2.31. The molecule has 1 aliphatic heterocycles. The van der Waals surface area contributed by atoms with E-state index in [9.17, 15) is 0 Å². The van der Waals surface area contributed by atoms with Crippen molar-refractivity contribution in [3.8, 4) is 0 Å². The molecule has 90 valence electrons. The Bertz CT molecular complexity index is 345. The molecule has 1 unspecified atom stereocenters. The minimum Gasteiger partial charge on any atom is -0.394 e. The Morgan fingerprint density at radius 3 is 2.88 bits per heavy atom. The Balaban J connectivity index is 2.07. The van der Waals surface area contributed by atoms with Gasteiger partial charge in [0.1, 0.15) is 0 Å². The number of aromatic nitrogens is 2. The number of hydrogen-bond donors (Lipinski definition) is 1. The second kappa shape index (κ2) is 4.76. The molecule has 0 bridgehead atoms. The fourth-order valence-corrected chi connectivity index (χ4v) is 2.53. The van der Waals surface area contributed by atoms with Gasteiger partial charge in [-0.3, -0.25) is 4.68 Å². The summed E-state index contributed by atoms with van der Waals surface area (Å²) in [7, 11) is 1.92. The van der Waals surface area contributed by atoms with Crippen LogP contribution in [0.1, 0.15) is 32.6 Å². The SMILES string of the molecule is CCC1CCCN(c2nn(C)cc2N)CC1. The molecule has 0 spiro atoms. The fraction of sp³-hybridized carbons (Fsp3) is 0.750. The first-order valence-electron chi connectivity index (χ1n) is 6.24. The number of hydrogen-bond acceptors (Lipinski definition) is 3. The van der Waals surface area contributed by atoms with Crippen LogP contribution in [0.5, 0.6) is 0 Å². The van der Waals surface area contributed by atoms with Gasteiger partial charge in [-0.05, 0) is 25.2 Å². The Morgan fingerprint density at radius 1 is 1.44 bits per heavy atom. The van der Waals surface area contributed by atoms with Crippen LogP contribution < -0.4 is 10.6 Å². The highest BCUT2D eigenvalue weighted by Gasteiger charge is 2.19. The van der Waals surface area contributed by atoms with E-state index in [1.54, 1.807) is 4.68 Å². The Morgan fingerprint density at radius 2 is 2.25 bits per heavy atom. The van der Waals surface area contributed by atoms with E-state index in [1.165, 1.54) is 25.7 Å². The average Bonchev–Trinajstić information content (AvgIpc) is 2.51. The van der Waals surface area contributed by atoms with Crippen molar-refractivity contribution in [1.82, 2.24) is 9.78 Å². The minimum atomic E-state index is 0.803. The average molecular weight is 222 g/mol. The number of nitrogen functional groups attached to an aromatic ring is 1. The summed E-state index contributed by atoms with van der Waals surface area (Å²) >= 11 is 0. The molecule has 1 fully saturated rings. The van der Waals surface area contributed by atoms with Crippen LogP contribution in [0.25, 0.3) is 0 Å². The van der Waals surface area contributed by atoms with Crippen molar-refractivity contribution in [2.45, 2.75) is 32.6 Å². The van der Waals surface area contributed by atoms with E-state index in [0.29, 0.717) is 0 Å². The summed E-state index contributed by atoms with van der Waals surface area (Å²) in [6.07, 6.45) is 7.06. The molecule has 1 aromatic heterocycles. The maximum atomic E-state index is 5.97. The Hall–Kier alpha value is -1.19. The lowest BCUT2D eigenvalue weighted by atomic mass is 9.98. The maximum absolute atomic E-state index is 5.97. The molecular weight excluding hydrogens is 200 g/mol. The first-order valence-corrected chi connectivity index (χ1v) is 6.24. The summed E-state index contributed by atoms with van der Waals surface area (Å²) in [5.41, 5.74) is 6.77. The molecule has 4 nitrogen and oxygen atoms in total. The van der Waals surface area contributed by atoms with Crippen LogP contribution in [-0.2, 0) is 7.05 Å². The standard InChI is InChI=1S/C12H22N4/c1-3-10-5-4-7-16(8-6-10)12-11(13)9-15(2)14-12/h9-10H,3-8,13H2,1-2H3. The van der Waals surface area contributed by atoms with Crippen molar-refractivity contribution in [1.29, 1.82) is 0 Å². The van der Waals surface area contributed by atoms with Crippen LogP contribution in [0.2, 0.25) is 0 Å². The predicted octanol–water partition coefficient (Wildman–Crippen LogP) is 2.02. The van der Waals surface area contributed by atoms with E-state index >= 15 is 0 Å². The molecule has 1 aromatic rings. The van der Waals surface area contributed by atoms with Gasteiger partial charge < -0.3 is 10.6 Å². The van der Waals surface area contributed by atoms with E-state index in [4.69, 9.17) is 5.73 Å². The predicted molar refractivity (Wildman–Crippen MR) is 67.5 cm³/mol. The third-order valence-corrected chi connectivity index (χ3v) is 3.56. The summed E-state index contributed by atoms with van der Waals surface area (Å²) < 4.78 is 1.80. The minimum absolute atomic E-state index is 0.803. The maximum Gasteiger partial charge on any atom is 0.173 e. The van der Waals surface area contributed by atoms with Crippen LogP contribution in [0.3, 0.4) is 0 Å². The van der Waals surface area contributed by atoms with Crippen molar-refractivity contribution in [2.24, 2.45) is 13.0 Å². The van der Waals surface area contributed by atoms with Crippen LogP contribution in [-0.4, -0.2) is 22.9 Å². The summed E-state index contributed by atoms with van der Waals surface area (Å²) in [5, 5.41) is 4.44. The quantitative estimate of drug-likeness (QED) is 0.832. The van der Waals surface area contributed by atoms with Gasteiger partial charge in [0.05, 0.1) is 5.69 Å². The van der Waals surface area contributed by atoms with Gasteiger partial charge in [-0.15, -0.1) is 0 Å². The van der Waals surface area contributed by atoms with Crippen LogP contribution in [0.15, 0.2) is 6.20 Å². The molecule has 2 rings (SSSR count). The molecule has 0 aromatic carbocycles. The zero-order chi connectivity index (χ0) is 11.5. The molecule has 4 heteroatoms. The number of anilines is 2. The van der Waals surface area contributed by atoms with Crippen LogP contribution >= 0.6 is 0 Å². The van der Waals surface area contributed by atoms with Gasteiger partial charge in [-0.1, -0.05) is 13.3 Å². The van der Waals surface area contributed by atoms with Crippen molar-refractivity contribution < 1.29 is 0 Å². The van der Waals surface area contributed by atoms with Crippen molar-refractivity contribution in [3.05, 3.63) is 6.20 Å². The van der Waals surface area contributed by atoms with Gasteiger partial charge in [0.15, 0.2) is 5.82 Å². The molecule has 1 atom stereocenters. The zero-order valence-electron chi connectivity index (χ0n) is 10.3. The monoisotopic (exact) mass is 222 g/mol. The van der Waals surface area contributed by atoms with Crippen molar-refractivity contribution in [2.75, 3.05) is 23.7 Å². The molecule has 0 aliphatic carbocycles. The summed E-state index contributed by atoms with van der Waals surface area (Å²) in [4.78, 5) is 2.34. The first-order chi connectivity index (χ1) is 7.70. The Labute approximate surface area is 97.4 Å². The van der Waals surface area contributed by atoms with E-state index in [1.807, 2.05) is 13.2 Å². The zero-order valence-corrected chi connectivity index (χ0v) is 10.3. The van der Waals surface area contributed by atoms with Gasteiger partial charge in [0.25, 0.3) is 0 Å². The summed E-state index contributed by atoms with van der Waals surface area (Å²) in [5.74, 6) is 1.86. The van der Waals surface area contributed by atoms with Gasteiger partial charge in [0, 0.05) is 26.3 Å². The lowest BCUT2D eigenvalue weighted by Crippen LogP contribution is -2.25. The number of rotatable bonds is 2. The highest BCUT2D eigenvalue weighted by atomic mass is 15.3. The molecule has 16 heavy (non-hydrogen) atoms. The molecule has 0 amide bonds. The second-order valence-corrected chi connectivity index (χ2v) is 4.77. The number of nitrogens with zero attached hydrogens (tertiary/aromatic N) is 3. The highest BCUT2D eigenvalue weighted by molar-refractivity contribution is 5.61. The molecular formula is C12H22N4. The van der Waals surface area contributed by atoms with Gasteiger partial charge in [0.2, 0.25) is 0 Å². The third-order valence-electron chi connectivity index (χ3n) is 3.56. The molecule has 2 heterocycles. The molecule has 0 radical (unpaired) electrons. The normalized spacial score (nSPS) is 22.1. The lowest BCUT2D eigenvalue weighted by molar-refractivity contribution is 0.459. The van der Waals surface area contributed by atoms with Gasteiger partial charge >= 0.3 is 0 Å². The van der Waals surface area contributed by atoms with Crippen molar-refractivity contribution in [3.63, 3.8) is 0 Å².